The first-order valence-corrected chi connectivity index (χ1v) is 10.3. The predicted molar refractivity (Wildman–Crippen MR) is 121 cm³/mol. The summed E-state index contributed by atoms with van der Waals surface area (Å²) < 4.78 is 0. The summed E-state index contributed by atoms with van der Waals surface area (Å²) in [7, 11) is 0. The molecule has 0 saturated carbocycles. The fourth-order valence-corrected chi connectivity index (χ4v) is 3.37. The van der Waals surface area contributed by atoms with Crippen LogP contribution in [0.1, 0.15) is 48.0 Å². The highest BCUT2D eigenvalue weighted by Crippen LogP contribution is 2.24. The molecule has 0 unspecified atom stereocenters. The Hall–Kier alpha value is -3.54. The number of nitrogens with zero attached hydrogens (tertiary/aromatic N) is 3. The van der Waals surface area contributed by atoms with Gasteiger partial charge in [-0.1, -0.05) is 57.2 Å². The Balaban J connectivity index is 1.87. The van der Waals surface area contributed by atoms with Crippen LogP contribution in [0.25, 0.3) is 0 Å². The molecule has 0 spiro atoms. The number of nitro benzene ring substituents is 1. The molecule has 0 fully saturated rings. The van der Waals surface area contributed by atoms with E-state index in [0.717, 1.165) is 11.3 Å². The van der Waals surface area contributed by atoms with E-state index in [4.69, 9.17) is 0 Å². The van der Waals surface area contributed by atoms with Gasteiger partial charge in [0.25, 0.3) is 11.6 Å². The molecule has 0 aliphatic carbocycles. The van der Waals surface area contributed by atoms with Gasteiger partial charge in [0.2, 0.25) is 0 Å². The van der Waals surface area contributed by atoms with Crippen LogP contribution in [-0.4, -0.2) is 27.3 Å². The third-order valence-corrected chi connectivity index (χ3v) is 5.20. The molecule has 0 aliphatic heterocycles. The van der Waals surface area contributed by atoms with Crippen molar-refractivity contribution in [2.24, 2.45) is 0 Å². The van der Waals surface area contributed by atoms with Crippen molar-refractivity contribution in [2.75, 3.05) is 6.54 Å². The summed E-state index contributed by atoms with van der Waals surface area (Å²) >= 11 is 0. The lowest BCUT2D eigenvalue weighted by atomic mass is 9.86. The molecule has 3 aromatic rings. The summed E-state index contributed by atoms with van der Waals surface area (Å²) in [5.41, 5.74) is 3.08. The number of para-hydroxylation sites is 1. The summed E-state index contributed by atoms with van der Waals surface area (Å²) in [6.45, 7) is 6.93. The Kier molecular flexibility index (Phi) is 6.80. The number of hydrogen-bond donors (Lipinski definition) is 0. The minimum Gasteiger partial charge on any atom is -0.334 e. The Labute approximate surface area is 182 Å². The van der Waals surface area contributed by atoms with Crippen molar-refractivity contribution in [3.63, 3.8) is 0 Å². The second-order valence-corrected chi connectivity index (χ2v) is 8.51. The third-order valence-electron chi connectivity index (χ3n) is 5.20. The molecule has 0 bridgehead atoms. The standard InChI is InChI=1S/C25H27N3O3/c1-25(2,3)21-13-11-19(12-14-21)24(29)27(17-15-22-9-6-7-16-26-22)18-20-8-4-5-10-23(20)28(30)31/h4-14,16H,15,17-18H2,1-3H3. The maximum Gasteiger partial charge on any atom is 0.274 e. The fourth-order valence-electron chi connectivity index (χ4n) is 3.37. The average Bonchev–Trinajstić information content (AvgIpc) is 2.76. The van der Waals surface area contributed by atoms with Crippen LogP contribution in [-0.2, 0) is 18.4 Å². The van der Waals surface area contributed by atoms with E-state index in [2.05, 4.69) is 25.8 Å². The number of aromatic nitrogens is 1. The van der Waals surface area contributed by atoms with Crippen molar-refractivity contribution >= 4 is 11.6 Å². The van der Waals surface area contributed by atoms with Gasteiger partial charge in [0.15, 0.2) is 0 Å². The topological polar surface area (TPSA) is 76.3 Å². The average molecular weight is 418 g/mol. The van der Waals surface area contributed by atoms with Gasteiger partial charge in [-0.25, -0.2) is 0 Å². The van der Waals surface area contributed by atoms with E-state index in [1.807, 2.05) is 42.5 Å². The normalized spacial score (nSPS) is 11.2. The molecular formula is C25H27N3O3. The van der Waals surface area contributed by atoms with Crippen LogP contribution in [0.2, 0.25) is 0 Å². The van der Waals surface area contributed by atoms with E-state index >= 15 is 0 Å². The number of amides is 1. The van der Waals surface area contributed by atoms with Crippen LogP contribution in [0.5, 0.6) is 0 Å². The lowest BCUT2D eigenvalue weighted by Crippen LogP contribution is -2.33. The molecule has 1 aromatic heterocycles. The smallest absolute Gasteiger partial charge is 0.274 e. The number of carbonyl (C=O) groups excluding carboxylic acids is 1. The quantitative estimate of drug-likeness (QED) is 0.392. The van der Waals surface area contributed by atoms with Gasteiger partial charge >= 0.3 is 0 Å². The summed E-state index contributed by atoms with van der Waals surface area (Å²) in [5, 5.41) is 11.4. The Bertz CT molecular complexity index is 1040. The fraction of sp³-hybridized carbons (Fsp3) is 0.280. The lowest BCUT2D eigenvalue weighted by Gasteiger charge is -2.24. The molecule has 160 valence electrons. The van der Waals surface area contributed by atoms with E-state index in [9.17, 15) is 14.9 Å². The van der Waals surface area contributed by atoms with Gasteiger partial charge in [-0.15, -0.1) is 0 Å². The van der Waals surface area contributed by atoms with Crippen LogP contribution in [0.4, 0.5) is 5.69 Å². The minimum absolute atomic E-state index is 0.00903. The molecular weight excluding hydrogens is 390 g/mol. The van der Waals surface area contributed by atoms with Gasteiger partial charge in [0, 0.05) is 42.0 Å². The van der Waals surface area contributed by atoms with Crippen molar-refractivity contribution in [1.82, 2.24) is 9.88 Å². The molecule has 31 heavy (non-hydrogen) atoms. The largest absolute Gasteiger partial charge is 0.334 e. The molecule has 0 saturated heterocycles. The molecule has 0 N–H and O–H groups in total. The van der Waals surface area contributed by atoms with Crippen molar-refractivity contribution in [1.29, 1.82) is 0 Å². The molecule has 6 nitrogen and oxygen atoms in total. The number of carbonyl (C=O) groups is 1. The third kappa shape index (κ3) is 5.75. The maximum absolute atomic E-state index is 13.3. The van der Waals surface area contributed by atoms with Gasteiger partial charge in [-0.3, -0.25) is 19.9 Å². The molecule has 0 aliphatic rings. The van der Waals surface area contributed by atoms with Crippen LogP contribution in [0.3, 0.4) is 0 Å². The minimum atomic E-state index is -0.408. The highest BCUT2D eigenvalue weighted by atomic mass is 16.6. The monoisotopic (exact) mass is 417 g/mol. The molecule has 1 heterocycles. The maximum atomic E-state index is 13.3. The van der Waals surface area contributed by atoms with Crippen molar-refractivity contribution in [3.05, 3.63) is 105 Å². The highest BCUT2D eigenvalue weighted by Gasteiger charge is 2.22. The van der Waals surface area contributed by atoms with Crippen LogP contribution < -0.4 is 0 Å². The first kappa shape index (κ1) is 22.2. The zero-order valence-electron chi connectivity index (χ0n) is 18.1. The molecule has 0 radical (unpaired) electrons. The molecule has 3 rings (SSSR count). The zero-order chi connectivity index (χ0) is 22.4. The Morgan fingerprint density at radius 2 is 1.68 bits per heavy atom. The first-order valence-electron chi connectivity index (χ1n) is 10.3. The van der Waals surface area contributed by atoms with E-state index in [1.165, 1.54) is 6.07 Å². The van der Waals surface area contributed by atoms with Gasteiger partial charge in [-0.2, -0.15) is 0 Å². The lowest BCUT2D eigenvalue weighted by molar-refractivity contribution is -0.385. The Morgan fingerprint density at radius 1 is 1.00 bits per heavy atom. The van der Waals surface area contributed by atoms with Crippen LogP contribution in [0.15, 0.2) is 72.9 Å². The summed E-state index contributed by atoms with van der Waals surface area (Å²) in [5.74, 6) is -0.158. The predicted octanol–water partition coefficient (Wildman–Crippen LogP) is 5.17. The SMILES string of the molecule is CC(C)(C)c1ccc(C(=O)N(CCc2ccccn2)Cc2ccccc2[N+](=O)[O-])cc1. The van der Waals surface area contributed by atoms with Gasteiger partial charge < -0.3 is 4.90 Å². The highest BCUT2D eigenvalue weighted by molar-refractivity contribution is 5.94. The molecule has 6 heteroatoms. The number of rotatable bonds is 7. The van der Waals surface area contributed by atoms with Gasteiger partial charge in [0.05, 0.1) is 11.5 Å². The summed E-state index contributed by atoms with van der Waals surface area (Å²) in [6, 6.07) is 19.8. The summed E-state index contributed by atoms with van der Waals surface area (Å²) in [6.07, 6.45) is 2.28. The number of benzene rings is 2. The van der Waals surface area contributed by atoms with E-state index in [0.29, 0.717) is 24.1 Å². The van der Waals surface area contributed by atoms with Crippen LogP contribution in [0, 0.1) is 10.1 Å². The van der Waals surface area contributed by atoms with Crippen molar-refractivity contribution < 1.29 is 9.72 Å². The van der Waals surface area contributed by atoms with E-state index < -0.39 is 4.92 Å². The molecule has 1 amide bonds. The zero-order valence-corrected chi connectivity index (χ0v) is 18.1. The first-order chi connectivity index (χ1) is 14.8. The number of nitro groups is 1. The van der Waals surface area contributed by atoms with Gasteiger partial charge in [0.1, 0.15) is 0 Å². The number of hydrogen-bond acceptors (Lipinski definition) is 4. The second kappa shape index (κ2) is 9.51. The Morgan fingerprint density at radius 3 is 2.29 bits per heavy atom. The van der Waals surface area contributed by atoms with E-state index in [-0.39, 0.29) is 23.6 Å². The van der Waals surface area contributed by atoms with Crippen molar-refractivity contribution in [2.45, 2.75) is 39.2 Å². The van der Waals surface area contributed by atoms with Gasteiger partial charge in [-0.05, 0) is 35.2 Å². The summed E-state index contributed by atoms with van der Waals surface area (Å²) in [4.78, 5) is 30.4. The molecule has 0 atom stereocenters. The number of pyridine rings is 1. The van der Waals surface area contributed by atoms with Crippen molar-refractivity contribution in [3.8, 4) is 0 Å². The molecule has 2 aromatic carbocycles. The van der Waals surface area contributed by atoms with Crippen LogP contribution >= 0.6 is 0 Å². The second-order valence-electron chi connectivity index (χ2n) is 8.51. The van der Waals surface area contributed by atoms with E-state index in [1.54, 1.807) is 29.3 Å².